The summed E-state index contributed by atoms with van der Waals surface area (Å²) in [5.41, 5.74) is 1.36. The third-order valence-electron chi connectivity index (χ3n) is 2.60. The summed E-state index contributed by atoms with van der Waals surface area (Å²) in [6, 6.07) is 13.5. The van der Waals surface area contributed by atoms with Gasteiger partial charge >= 0.3 is 5.97 Å². The molecule has 0 bridgehead atoms. The van der Waals surface area contributed by atoms with Crippen molar-refractivity contribution in [3.63, 3.8) is 0 Å². The zero-order valence-corrected chi connectivity index (χ0v) is 10.3. The second-order valence-electron chi connectivity index (χ2n) is 4.04. The maximum atomic E-state index is 10.8. The monoisotopic (exact) mass is 253 g/mol. The molecule has 0 aliphatic carbocycles. The SMILES string of the molecule is Cc1ccc(Oc2ccc(C(=O)O)cc2C#N)cc1. The maximum absolute atomic E-state index is 10.8. The summed E-state index contributed by atoms with van der Waals surface area (Å²) in [5.74, 6) is -0.125. The number of aromatic carboxylic acids is 1. The van der Waals surface area contributed by atoms with E-state index in [-0.39, 0.29) is 11.1 Å². The van der Waals surface area contributed by atoms with Crippen LogP contribution in [0.25, 0.3) is 0 Å². The molecule has 0 saturated carbocycles. The Bertz CT molecular complexity index is 654. The minimum Gasteiger partial charge on any atom is -0.478 e. The molecule has 2 aromatic rings. The molecule has 0 spiro atoms. The summed E-state index contributed by atoms with van der Waals surface area (Å²) < 4.78 is 5.57. The molecule has 0 radical (unpaired) electrons. The quantitative estimate of drug-likeness (QED) is 0.910. The van der Waals surface area contributed by atoms with Crippen LogP contribution in [0.2, 0.25) is 0 Å². The number of benzene rings is 2. The van der Waals surface area contributed by atoms with Crippen LogP contribution < -0.4 is 4.74 Å². The first-order valence-corrected chi connectivity index (χ1v) is 5.62. The fourth-order valence-electron chi connectivity index (χ4n) is 1.57. The fourth-order valence-corrected chi connectivity index (χ4v) is 1.57. The molecule has 0 aliphatic rings. The largest absolute Gasteiger partial charge is 0.478 e. The molecule has 0 saturated heterocycles. The Morgan fingerprint density at radius 1 is 1.21 bits per heavy atom. The summed E-state index contributed by atoms with van der Waals surface area (Å²) in [7, 11) is 0. The highest BCUT2D eigenvalue weighted by Gasteiger charge is 2.09. The molecule has 2 rings (SSSR count). The van der Waals surface area contributed by atoms with Crippen molar-refractivity contribution < 1.29 is 14.6 Å². The smallest absolute Gasteiger partial charge is 0.335 e. The number of hydrogen-bond acceptors (Lipinski definition) is 3. The van der Waals surface area contributed by atoms with Gasteiger partial charge in [-0.3, -0.25) is 0 Å². The number of ether oxygens (including phenoxy) is 1. The first-order valence-electron chi connectivity index (χ1n) is 5.62. The first-order chi connectivity index (χ1) is 9.10. The van der Waals surface area contributed by atoms with Crippen molar-refractivity contribution >= 4 is 5.97 Å². The van der Waals surface area contributed by atoms with Gasteiger partial charge in [0.05, 0.1) is 11.1 Å². The highest BCUT2D eigenvalue weighted by Crippen LogP contribution is 2.26. The number of hydrogen-bond donors (Lipinski definition) is 1. The van der Waals surface area contributed by atoms with Crippen LogP contribution in [0, 0.1) is 18.3 Å². The predicted octanol–water partition coefficient (Wildman–Crippen LogP) is 3.36. The molecule has 0 amide bonds. The standard InChI is InChI=1S/C15H11NO3/c1-10-2-5-13(6-3-10)19-14-7-4-11(15(17)18)8-12(14)9-16/h2-8H,1H3,(H,17,18). The van der Waals surface area contributed by atoms with Crippen molar-refractivity contribution in [1.29, 1.82) is 5.26 Å². The molecule has 2 aromatic carbocycles. The number of carboxylic acids is 1. The third kappa shape index (κ3) is 2.90. The molecule has 4 heteroatoms. The molecule has 0 fully saturated rings. The van der Waals surface area contributed by atoms with Crippen LogP contribution in [0.1, 0.15) is 21.5 Å². The number of rotatable bonds is 3. The van der Waals surface area contributed by atoms with Gasteiger partial charge in [0.1, 0.15) is 17.6 Å². The van der Waals surface area contributed by atoms with Gasteiger partial charge in [0.25, 0.3) is 0 Å². The second-order valence-corrected chi connectivity index (χ2v) is 4.04. The van der Waals surface area contributed by atoms with Gasteiger partial charge in [-0.15, -0.1) is 0 Å². The second kappa shape index (κ2) is 5.23. The average molecular weight is 253 g/mol. The average Bonchev–Trinajstić information content (AvgIpc) is 2.41. The lowest BCUT2D eigenvalue weighted by atomic mass is 10.1. The van der Waals surface area contributed by atoms with Crippen LogP contribution in [0.3, 0.4) is 0 Å². The van der Waals surface area contributed by atoms with E-state index >= 15 is 0 Å². The number of aryl methyl sites for hydroxylation is 1. The van der Waals surface area contributed by atoms with Crippen molar-refractivity contribution in [2.75, 3.05) is 0 Å². The molecule has 0 unspecified atom stereocenters. The van der Waals surface area contributed by atoms with Crippen molar-refractivity contribution in [2.45, 2.75) is 6.92 Å². The molecule has 19 heavy (non-hydrogen) atoms. The van der Waals surface area contributed by atoms with E-state index in [2.05, 4.69) is 0 Å². The molecule has 0 atom stereocenters. The zero-order chi connectivity index (χ0) is 13.8. The lowest BCUT2D eigenvalue weighted by Crippen LogP contribution is -1.98. The zero-order valence-electron chi connectivity index (χ0n) is 10.3. The minimum absolute atomic E-state index is 0.0628. The molecule has 1 N–H and O–H groups in total. The normalized spacial score (nSPS) is 9.68. The number of nitriles is 1. The Kier molecular flexibility index (Phi) is 3.48. The maximum Gasteiger partial charge on any atom is 0.335 e. The first kappa shape index (κ1) is 12.7. The van der Waals surface area contributed by atoms with E-state index in [1.54, 1.807) is 12.1 Å². The minimum atomic E-state index is -1.07. The van der Waals surface area contributed by atoms with Gasteiger partial charge in [0, 0.05) is 0 Å². The van der Waals surface area contributed by atoms with Crippen LogP contribution in [0.15, 0.2) is 42.5 Å². The third-order valence-corrected chi connectivity index (χ3v) is 2.60. The lowest BCUT2D eigenvalue weighted by molar-refractivity contribution is 0.0697. The highest BCUT2D eigenvalue weighted by molar-refractivity contribution is 5.88. The Balaban J connectivity index is 2.33. The van der Waals surface area contributed by atoms with E-state index in [4.69, 9.17) is 15.1 Å². The molecule has 4 nitrogen and oxygen atoms in total. The van der Waals surface area contributed by atoms with Crippen molar-refractivity contribution in [3.8, 4) is 17.6 Å². The van der Waals surface area contributed by atoms with Crippen LogP contribution in [-0.4, -0.2) is 11.1 Å². The molecular weight excluding hydrogens is 242 g/mol. The van der Waals surface area contributed by atoms with Gasteiger partial charge in [-0.1, -0.05) is 17.7 Å². The Morgan fingerprint density at radius 2 is 1.89 bits per heavy atom. The van der Waals surface area contributed by atoms with E-state index in [0.29, 0.717) is 11.5 Å². The molecule has 0 aliphatic heterocycles. The van der Waals surface area contributed by atoms with Crippen LogP contribution in [0.4, 0.5) is 0 Å². The molecule has 0 heterocycles. The van der Waals surface area contributed by atoms with Gasteiger partial charge in [-0.2, -0.15) is 5.26 Å². The van der Waals surface area contributed by atoms with E-state index < -0.39 is 5.97 Å². The summed E-state index contributed by atoms with van der Waals surface area (Å²) in [4.78, 5) is 10.8. The lowest BCUT2D eigenvalue weighted by Gasteiger charge is -2.08. The van der Waals surface area contributed by atoms with Gasteiger partial charge in [0.15, 0.2) is 0 Å². The van der Waals surface area contributed by atoms with Crippen LogP contribution in [0.5, 0.6) is 11.5 Å². The highest BCUT2D eigenvalue weighted by atomic mass is 16.5. The number of carbonyl (C=O) groups is 1. The Labute approximate surface area is 110 Å². The van der Waals surface area contributed by atoms with Crippen molar-refractivity contribution in [1.82, 2.24) is 0 Å². The van der Waals surface area contributed by atoms with Gasteiger partial charge in [0.2, 0.25) is 0 Å². The van der Waals surface area contributed by atoms with Crippen LogP contribution >= 0.6 is 0 Å². The van der Waals surface area contributed by atoms with Gasteiger partial charge in [-0.25, -0.2) is 4.79 Å². The Hall–Kier alpha value is -2.80. The molecule has 94 valence electrons. The summed E-state index contributed by atoms with van der Waals surface area (Å²) in [6.45, 7) is 1.96. The van der Waals surface area contributed by atoms with E-state index in [9.17, 15) is 4.79 Å². The number of nitrogens with zero attached hydrogens (tertiary/aromatic N) is 1. The Morgan fingerprint density at radius 3 is 2.47 bits per heavy atom. The van der Waals surface area contributed by atoms with Crippen molar-refractivity contribution in [2.24, 2.45) is 0 Å². The molecule has 0 aromatic heterocycles. The van der Waals surface area contributed by atoms with E-state index in [1.165, 1.54) is 18.2 Å². The van der Waals surface area contributed by atoms with Crippen LogP contribution in [-0.2, 0) is 0 Å². The predicted molar refractivity (Wildman–Crippen MR) is 69.4 cm³/mol. The summed E-state index contributed by atoms with van der Waals surface area (Å²) in [6.07, 6.45) is 0. The van der Waals surface area contributed by atoms with E-state index in [1.807, 2.05) is 25.1 Å². The summed E-state index contributed by atoms with van der Waals surface area (Å²) >= 11 is 0. The summed E-state index contributed by atoms with van der Waals surface area (Å²) in [5, 5.41) is 17.9. The van der Waals surface area contributed by atoms with E-state index in [0.717, 1.165) is 5.56 Å². The van der Waals surface area contributed by atoms with Crippen molar-refractivity contribution in [3.05, 3.63) is 59.2 Å². The topological polar surface area (TPSA) is 70.3 Å². The number of carboxylic acid groups (broad SMARTS) is 1. The van der Waals surface area contributed by atoms with Gasteiger partial charge in [-0.05, 0) is 37.3 Å². The fraction of sp³-hybridized carbons (Fsp3) is 0.0667. The van der Waals surface area contributed by atoms with Gasteiger partial charge < -0.3 is 9.84 Å². The molecular formula is C15H11NO3.